The molecule has 0 amide bonds. The van der Waals surface area contributed by atoms with Crippen LogP contribution < -0.4 is 4.74 Å². The van der Waals surface area contributed by atoms with Gasteiger partial charge in [-0.05, 0) is 31.2 Å². The number of halogens is 1. The lowest BCUT2D eigenvalue weighted by molar-refractivity contribution is -0.133. The molecule has 1 aliphatic rings. The molecule has 1 unspecified atom stereocenters. The van der Waals surface area contributed by atoms with E-state index in [4.69, 9.17) is 4.74 Å². The summed E-state index contributed by atoms with van der Waals surface area (Å²) >= 11 is 3.15. The summed E-state index contributed by atoms with van der Waals surface area (Å²) < 4.78 is 28.0. The Morgan fingerprint density at radius 2 is 1.80 bits per heavy atom. The molecule has 1 fully saturated rings. The zero-order valence-corrected chi connectivity index (χ0v) is 14.3. The number of sulfone groups is 1. The maximum atomic E-state index is 11.4. The van der Waals surface area contributed by atoms with E-state index in [1.165, 1.54) is 0 Å². The summed E-state index contributed by atoms with van der Waals surface area (Å²) in [5.41, 5.74) is 0. The van der Waals surface area contributed by atoms with Crippen molar-refractivity contribution in [1.82, 2.24) is 0 Å². The highest BCUT2D eigenvalue weighted by Crippen LogP contribution is 2.22. The van der Waals surface area contributed by atoms with Crippen LogP contribution in [0, 0.1) is 0 Å². The molecule has 0 spiro atoms. The SMILES string of the molecule is CC(Br)C(=O)Oc1ccc([S+]2CCS(=O)(=O)CC2)cc1. The van der Waals surface area contributed by atoms with Crippen molar-refractivity contribution in [2.45, 2.75) is 16.6 Å². The Bertz CT molecular complexity index is 567. The molecule has 0 aliphatic carbocycles. The molecule has 1 heterocycles. The number of ether oxygens (including phenoxy) is 1. The third-order valence-electron chi connectivity index (χ3n) is 2.98. The van der Waals surface area contributed by atoms with E-state index in [-0.39, 0.29) is 33.2 Å². The summed E-state index contributed by atoms with van der Waals surface area (Å²) in [6.07, 6.45) is 0. The third-order valence-corrected chi connectivity index (χ3v) is 7.86. The van der Waals surface area contributed by atoms with Gasteiger partial charge in [0, 0.05) is 10.9 Å². The van der Waals surface area contributed by atoms with E-state index in [0.29, 0.717) is 17.3 Å². The van der Waals surface area contributed by atoms with Gasteiger partial charge in [0.2, 0.25) is 0 Å². The van der Waals surface area contributed by atoms with Gasteiger partial charge in [0.15, 0.2) is 14.7 Å². The fraction of sp³-hybridized carbons (Fsp3) is 0.462. The number of rotatable bonds is 3. The standard InChI is InChI=1S/C13H16BrO4S2/c1-10(14)13(15)18-11-2-4-12(5-3-11)19-6-8-20(16,17)9-7-19/h2-5,10H,6-9H2,1H3/q+1. The van der Waals surface area contributed by atoms with Crippen molar-refractivity contribution in [2.24, 2.45) is 0 Å². The van der Waals surface area contributed by atoms with Gasteiger partial charge >= 0.3 is 5.97 Å². The van der Waals surface area contributed by atoms with E-state index < -0.39 is 9.84 Å². The molecule has 0 bridgehead atoms. The molecule has 0 radical (unpaired) electrons. The van der Waals surface area contributed by atoms with Crippen molar-refractivity contribution in [1.29, 1.82) is 0 Å². The molecule has 2 rings (SSSR count). The lowest BCUT2D eigenvalue weighted by Crippen LogP contribution is -2.32. The van der Waals surface area contributed by atoms with Gasteiger partial charge in [0.1, 0.15) is 22.1 Å². The summed E-state index contributed by atoms with van der Waals surface area (Å²) in [5.74, 6) is 2.11. The average Bonchev–Trinajstić information content (AvgIpc) is 2.39. The van der Waals surface area contributed by atoms with Gasteiger partial charge in [-0.25, -0.2) is 8.42 Å². The van der Waals surface area contributed by atoms with Crippen LogP contribution in [0.15, 0.2) is 29.2 Å². The van der Waals surface area contributed by atoms with Gasteiger partial charge in [0.25, 0.3) is 0 Å². The molecule has 1 aromatic rings. The summed E-state index contributed by atoms with van der Waals surface area (Å²) in [6.45, 7) is 1.71. The van der Waals surface area contributed by atoms with Crippen LogP contribution in [-0.2, 0) is 25.5 Å². The zero-order valence-electron chi connectivity index (χ0n) is 11.0. The Kier molecular flexibility index (Phi) is 5.14. The quantitative estimate of drug-likeness (QED) is 0.347. The molecule has 0 N–H and O–H groups in total. The zero-order chi connectivity index (χ0) is 14.8. The number of esters is 1. The molecule has 0 aromatic heterocycles. The van der Waals surface area contributed by atoms with Crippen LogP contribution in [-0.4, -0.2) is 42.2 Å². The molecule has 1 aliphatic heterocycles. The van der Waals surface area contributed by atoms with E-state index in [2.05, 4.69) is 15.9 Å². The van der Waals surface area contributed by atoms with Gasteiger partial charge < -0.3 is 4.74 Å². The molecule has 4 nitrogen and oxygen atoms in total. The average molecular weight is 380 g/mol. The minimum atomic E-state index is -2.82. The Morgan fingerprint density at radius 3 is 2.30 bits per heavy atom. The Hall–Kier alpha value is -0.530. The highest BCUT2D eigenvalue weighted by Gasteiger charge is 2.32. The number of alkyl halides is 1. The van der Waals surface area contributed by atoms with Gasteiger partial charge in [-0.1, -0.05) is 15.9 Å². The molecule has 20 heavy (non-hydrogen) atoms. The summed E-state index contributed by atoms with van der Waals surface area (Å²) in [7, 11) is -2.84. The van der Waals surface area contributed by atoms with Crippen LogP contribution in [0.1, 0.15) is 6.92 Å². The van der Waals surface area contributed by atoms with E-state index >= 15 is 0 Å². The van der Waals surface area contributed by atoms with Crippen molar-refractivity contribution < 1.29 is 17.9 Å². The van der Waals surface area contributed by atoms with Crippen LogP contribution in [0.2, 0.25) is 0 Å². The maximum Gasteiger partial charge on any atom is 0.324 e. The smallest absolute Gasteiger partial charge is 0.324 e. The molecule has 1 atom stereocenters. The van der Waals surface area contributed by atoms with Crippen molar-refractivity contribution in [2.75, 3.05) is 23.0 Å². The minimum absolute atomic E-state index is 0.0133. The van der Waals surface area contributed by atoms with Crippen molar-refractivity contribution in [3.63, 3.8) is 0 Å². The molecular weight excluding hydrogens is 364 g/mol. The number of hydrogen-bond acceptors (Lipinski definition) is 4. The largest absolute Gasteiger partial charge is 0.426 e. The first kappa shape index (κ1) is 15.9. The topological polar surface area (TPSA) is 60.4 Å². The minimum Gasteiger partial charge on any atom is -0.426 e. The Balaban J connectivity index is 2.00. The van der Waals surface area contributed by atoms with Gasteiger partial charge in [-0.2, -0.15) is 0 Å². The highest BCUT2D eigenvalue weighted by molar-refractivity contribution is 9.10. The summed E-state index contributed by atoms with van der Waals surface area (Å²) in [4.78, 5) is 12.2. The van der Waals surface area contributed by atoms with E-state index in [0.717, 1.165) is 4.90 Å². The van der Waals surface area contributed by atoms with E-state index in [1.807, 2.05) is 12.1 Å². The number of carbonyl (C=O) groups excluding carboxylic acids is 1. The summed E-state index contributed by atoms with van der Waals surface area (Å²) in [6, 6.07) is 7.36. The predicted molar refractivity (Wildman–Crippen MR) is 84.5 cm³/mol. The second-order valence-electron chi connectivity index (χ2n) is 4.56. The molecule has 7 heteroatoms. The highest BCUT2D eigenvalue weighted by atomic mass is 79.9. The van der Waals surface area contributed by atoms with Gasteiger partial charge in [-0.15, -0.1) is 0 Å². The van der Waals surface area contributed by atoms with Crippen LogP contribution in [0.4, 0.5) is 0 Å². The van der Waals surface area contributed by atoms with Crippen LogP contribution in [0.25, 0.3) is 0 Å². The normalized spacial score (nSPS) is 20.3. The Morgan fingerprint density at radius 1 is 1.25 bits per heavy atom. The second-order valence-corrected chi connectivity index (χ2v) is 10.5. The fourth-order valence-corrected chi connectivity index (χ4v) is 6.93. The first-order valence-corrected chi connectivity index (χ1v) is 10.5. The number of hydrogen-bond donors (Lipinski definition) is 0. The molecular formula is C13H16BrO4S2+. The second kappa shape index (κ2) is 6.49. The lowest BCUT2D eigenvalue weighted by Gasteiger charge is -2.14. The van der Waals surface area contributed by atoms with Crippen LogP contribution in [0.5, 0.6) is 5.75 Å². The third kappa shape index (κ3) is 4.23. The summed E-state index contributed by atoms with van der Waals surface area (Å²) in [5, 5.41) is 0. The number of carbonyl (C=O) groups is 1. The first-order valence-electron chi connectivity index (χ1n) is 6.21. The maximum absolute atomic E-state index is 11.4. The van der Waals surface area contributed by atoms with Crippen molar-refractivity contribution in [3.8, 4) is 5.75 Å². The molecule has 1 saturated heterocycles. The van der Waals surface area contributed by atoms with Crippen LogP contribution in [0.3, 0.4) is 0 Å². The lowest BCUT2D eigenvalue weighted by atomic mass is 10.3. The Labute approximate surface area is 130 Å². The van der Waals surface area contributed by atoms with E-state index in [9.17, 15) is 13.2 Å². The van der Waals surface area contributed by atoms with Gasteiger partial charge in [0.05, 0.1) is 11.5 Å². The van der Waals surface area contributed by atoms with Crippen molar-refractivity contribution in [3.05, 3.63) is 24.3 Å². The fourth-order valence-electron chi connectivity index (χ4n) is 1.79. The first-order chi connectivity index (χ1) is 9.37. The molecule has 0 saturated carbocycles. The van der Waals surface area contributed by atoms with Crippen molar-refractivity contribution >= 4 is 42.6 Å². The van der Waals surface area contributed by atoms with Gasteiger partial charge in [-0.3, -0.25) is 4.79 Å². The predicted octanol–water partition coefficient (Wildman–Crippen LogP) is 1.78. The van der Waals surface area contributed by atoms with Crippen LogP contribution >= 0.6 is 15.9 Å². The molecule has 1 aromatic carbocycles. The number of benzene rings is 1. The molecule has 110 valence electrons. The monoisotopic (exact) mass is 379 g/mol. The van der Waals surface area contributed by atoms with E-state index in [1.54, 1.807) is 19.1 Å².